The van der Waals surface area contributed by atoms with Crippen LogP contribution >= 0.6 is 0 Å². The summed E-state index contributed by atoms with van der Waals surface area (Å²) < 4.78 is 10.6. The molecule has 0 aromatic carbocycles. The predicted molar refractivity (Wildman–Crippen MR) is 84.3 cm³/mol. The SMILES string of the molecule is COCC1CCN(C)C2(C1)CN(C(=O)c1cc(C3CC3)on1)C2. The van der Waals surface area contributed by atoms with Gasteiger partial charge in [-0.05, 0) is 45.2 Å². The van der Waals surface area contributed by atoms with Gasteiger partial charge in [0.05, 0.1) is 5.54 Å². The van der Waals surface area contributed by atoms with Gasteiger partial charge in [-0.2, -0.15) is 0 Å². The lowest BCUT2D eigenvalue weighted by molar-refractivity contribution is -0.0733. The van der Waals surface area contributed by atoms with Crippen molar-refractivity contribution in [2.75, 3.05) is 40.4 Å². The normalized spacial score (nSPS) is 27.2. The van der Waals surface area contributed by atoms with Crippen LogP contribution in [-0.4, -0.2) is 66.8 Å². The molecule has 3 aliphatic rings. The molecule has 0 N–H and O–H groups in total. The summed E-state index contributed by atoms with van der Waals surface area (Å²) in [7, 11) is 3.94. The van der Waals surface area contributed by atoms with Crippen LogP contribution in [0.3, 0.4) is 0 Å². The number of piperidine rings is 1. The number of amides is 1. The molecular formula is C17H25N3O3. The number of carbonyl (C=O) groups is 1. The van der Waals surface area contributed by atoms with E-state index in [0.717, 1.165) is 51.3 Å². The van der Waals surface area contributed by atoms with Gasteiger partial charge in [0.2, 0.25) is 0 Å². The maximum atomic E-state index is 12.6. The average Bonchev–Trinajstić information content (AvgIpc) is 3.24. The van der Waals surface area contributed by atoms with Crippen molar-refractivity contribution in [3.63, 3.8) is 0 Å². The lowest BCUT2D eigenvalue weighted by Crippen LogP contribution is -2.72. The summed E-state index contributed by atoms with van der Waals surface area (Å²) in [6.07, 6.45) is 4.59. The van der Waals surface area contributed by atoms with Crippen molar-refractivity contribution in [1.82, 2.24) is 15.0 Å². The molecule has 6 nitrogen and oxygen atoms in total. The van der Waals surface area contributed by atoms with Crippen molar-refractivity contribution in [2.24, 2.45) is 5.92 Å². The molecule has 1 amide bonds. The second kappa shape index (κ2) is 5.60. The monoisotopic (exact) mass is 319 g/mol. The van der Waals surface area contributed by atoms with Gasteiger partial charge in [0.15, 0.2) is 5.69 Å². The molecule has 1 unspecified atom stereocenters. The highest BCUT2D eigenvalue weighted by atomic mass is 16.5. The first-order chi connectivity index (χ1) is 11.1. The Morgan fingerprint density at radius 1 is 1.43 bits per heavy atom. The largest absolute Gasteiger partial charge is 0.384 e. The minimum atomic E-state index is 0.00791. The van der Waals surface area contributed by atoms with Crippen molar-refractivity contribution in [1.29, 1.82) is 0 Å². The number of nitrogens with zero attached hydrogens (tertiary/aromatic N) is 3. The molecular weight excluding hydrogens is 294 g/mol. The smallest absolute Gasteiger partial charge is 0.276 e. The van der Waals surface area contributed by atoms with E-state index in [1.807, 2.05) is 11.0 Å². The van der Waals surface area contributed by atoms with Crippen LogP contribution in [0, 0.1) is 5.92 Å². The fourth-order valence-corrected chi connectivity index (χ4v) is 4.08. The Morgan fingerprint density at radius 2 is 2.22 bits per heavy atom. The Hall–Kier alpha value is -1.40. The van der Waals surface area contributed by atoms with Crippen molar-refractivity contribution in [3.8, 4) is 0 Å². The van der Waals surface area contributed by atoms with E-state index in [1.165, 1.54) is 6.42 Å². The first-order valence-corrected chi connectivity index (χ1v) is 8.57. The standard InChI is InChI=1S/C17H25N3O3/c1-19-6-5-12(9-22-2)8-17(19)10-20(11-17)16(21)14-7-15(23-18-14)13-3-4-13/h7,12-13H,3-6,8-11H2,1-2H3. The molecule has 2 aliphatic heterocycles. The summed E-state index contributed by atoms with van der Waals surface area (Å²) in [5, 5.41) is 3.98. The summed E-state index contributed by atoms with van der Waals surface area (Å²) >= 11 is 0. The maximum absolute atomic E-state index is 12.6. The third kappa shape index (κ3) is 2.68. The Labute approximate surface area is 136 Å². The van der Waals surface area contributed by atoms with E-state index in [2.05, 4.69) is 17.1 Å². The highest BCUT2D eigenvalue weighted by Gasteiger charge is 2.51. The van der Waals surface area contributed by atoms with Crippen molar-refractivity contribution in [2.45, 2.75) is 37.1 Å². The van der Waals surface area contributed by atoms with Crippen LogP contribution in [-0.2, 0) is 4.74 Å². The molecule has 1 spiro atoms. The topological polar surface area (TPSA) is 58.8 Å². The van der Waals surface area contributed by atoms with Crippen LogP contribution in [0.5, 0.6) is 0 Å². The number of likely N-dealkylation sites (N-methyl/N-ethyl adjacent to an activating group) is 1. The van der Waals surface area contributed by atoms with Crippen LogP contribution in [0.1, 0.15) is 47.8 Å². The number of rotatable bonds is 4. The molecule has 0 radical (unpaired) electrons. The van der Waals surface area contributed by atoms with Gasteiger partial charge in [-0.15, -0.1) is 0 Å². The zero-order chi connectivity index (χ0) is 16.0. The lowest BCUT2D eigenvalue weighted by atomic mass is 9.75. The van der Waals surface area contributed by atoms with Crippen LogP contribution < -0.4 is 0 Å². The van der Waals surface area contributed by atoms with Crippen molar-refractivity contribution in [3.05, 3.63) is 17.5 Å². The van der Waals surface area contributed by atoms with E-state index in [9.17, 15) is 4.79 Å². The molecule has 4 rings (SSSR count). The third-order valence-electron chi connectivity index (χ3n) is 5.74. The van der Waals surface area contributed by atoms with Crippen LogP contribution in [0.2, 0.25) is 0 Å². The zero-order valence-corrected chi connectivity index (χ0v) is 14.0. The van der Waals surface area contributed by atoms with E-state index in [4.69, 9.17) is 9.26 Å². The maximum Gasteiger partial charge on any atom is 0.276 e. The fraction of sp³-hybridized carbons (Fsp3) is 0.765. The van der Waals surface area contributed by atoms with Gasteiger partial charge < -0.3 is 14.2 Å². The summed E-state index contributed by atoms with van der Waals surface area (Å²) in [5.41, 5.74) is 0.592. The second-order valence-corrected chi connectivity index (χ2v) is 7.51. The molecule has 0 bridgehead atoms. The molecule has 1 saturated carbocycles. The first kappa shape index (κ1) is 15.1. The number of aromatic nitrogens is 1. The van der Waals surface area contributed by atoms with E-state index in [-0.39, 0.29) is 11.4 Å². The van der Waals surface area contributed by atoms with Gasteiger partial charge in [0.25, 0.3) is 5.91 Å². The number of hydrogen-bond acceptors (Lipinski definition) is 5. The van der Waals surface area contributed by atoms with Gasteiger partial charge in [0.1, 0.15) is 5.76 Å². The molecule has 1 aromatic rings. The summed E-state index contributed by atoms with van der Waals surface area (Å²) in [5.74, 6) is 1.97. The Balaban J connectivity index is 1.39. The highest BCUT2D eigenvalue weighted by molar-refractivity contribution is 5.93. The molecule has 3 heterocycles. The Bertz CT molecular complexity index is 590. The van der Waals surface area contributed by atoms with Gasteiger partial charge >= 0.3 is 0 Å². The Kier molecular flexibility index (Phi) is 3.69. The van der Waals surface area contributed by atoms with E-state index in [0.29, 0.717) is 17.5 Å². The second-order valence-electron chi connectivity index (χ2n) is 7.51. The van der Waals surface area contributed by atoms with Gasteiger partial charge in [-0.1, -0.05) is 5.16 Å². The van der Waals surface area contributed by atoms with Crippen LogP contribution in [0.25, 0.3) is 0 Å². The molecule has 3 fully saturated rings. The van der Waals surface area contributed by atoms with Crippen molar-refractivity contribution >= 4 is 5.91 Å². The van der Waals surface area contributed by atoms with Gasteiger partial charge in [-0.3, -0.25) is 9.69 Å². The van der Waals surface area contributed by atoms with Gasteiger partial charge in [-0.25, -0.2) is 0 Å². The van der Waals surface area contributed by atoms with Gasteiger partial charge in [0, 0.05) is 38.8 Å². The molecule has 1 aromatic heterocycles. The van der Waals surface area contributed by atoms with Crippen LogP contribution in [0.4, 0.5) is 0 Å². The zero-order valence-electron chi connectivity index (χ0n) is 14.0. The number of hydrogen-bond donors (Lipinski definition) is 0. The van der Waals surface area contributed by atoms with E-state index in [1.54, 1.807) is 7.11 Å². The first-order valence-electron chi connectivity index (χ1n) is 8.57. The fourth-order valence-electron chi connectivity index (χ4n) is 4.08. The number of methoxy groups -OCH3 is 1. The number of carbonyl (C=O) groups excluding carboxylic acids is 1. The minimum absolute atomic E-state index is 0.00791. The average molecular weight is 319 g/mol. The molecule has 6 heteroatoms. The van der Waals surface area contributed by atoms with E-state index >= 15 is 0 Å². The van der Waals surface area contributed by atoms with E-state index < -0.39 is 0 Å². The molecule has 1 aliphatic carbocycles. The predicted octanol–water partition coefficient (Wildman–Crippen LogP) is 1.73. The summed E-state index contributed by atoms with van der Waals surface area (Å²) in [4.78, 5) is 16.9. The summed E-state index contributed by atoms with van der Waals surface area (Å²) in [6, 6.07) is 1.84. The Morgan fingerprint density at radius 3 is 2.91 bits per heavy atom. The highest BCUT2D eigenvalue weighted by Crippen LogP contribution is 2.41. The number of likely N-dealkylation sites (tertiary alicyclic amines) is 2. The third-order valence-corrected chi connectivity index (χ3v) is 5.74. The lowest BCUT2D eigenvalue weighted by Gasteiger charge is -2.58. The minimum Gasteiger partial charge on any atom is -0.384 e. The van der Waals surface area contributed by atoms with Crippen molar-refractivity contribution < 1.29 is 14.1 Å². The molecule has 23 heavy (non-hydrogen) atoms. The number of ether oxygens (including phenoxy) is 1. The molecule has 2 saturated heterocycles. The quantitative estimate of drug-likeness (QED) is 0.846. The molecule has 126 valence electrons. The molecule has 1 atom stereocenters. The summed E-state index contributed by atoms with van der Waals surface area (Å²) in [6.45, 7) is 3.46. The van der Waals surface area contributed by atoms with Crippen LogP contribution in [0.15, 0.2) is 10.6 Å².